The molecule has 0 radical (unpaired) electrons. The Morgan fingerprint density at radius 1 is 1.19 bits per heavy atom. The molecule has 0 spiro atoms. The van der Waals surface area contributed by atoms with Crippen LogP contribution in [0.15, 0.2) is 30.3 Å². The molecule has 2 aliphatic heterocycles. The Kier molecular flexibility index (Phi) is 5.64. The van der Waals surface area contributed by atoms with Gasteiger partial charge in [-0.1, -0.05) is 30.3 Å². The van der Waals surface area contributed by atoms with Crippen molar-refractivity contribution in [3.63, 3.8) is 0 Å². The summed E-state index contributed by atoms with van der Waals surface area (Å²) in [6.45, 7) is 5.46. The van der Waals surface area contributed by atoms with Crippen molar-refractivity contribution in [1.29, 1.82) is 0 Å². The highest BCUT2D eigenvalue weighted by atomic mass is 16.8. The molecule has 0 bridgehead atoms. The van der Waals surface area contributed by atoms with Crippen LogP contribution in [0.2, 0.25) is 0 Å². The summed E-state index contributed by atoms with van der Waals surface area (Å²) < 4.78 is 28.2. The number of hydrogen-bond acceptors (Lipinski definition) is 7. The van der Waals surface area contributed by atoms with Gasteiger partial charge in [0.1, 0.15) is 18.3 Å². The summed E-state index contributed by atoms with van der Waals surface area (Å²) in [5.74, 6) is -0.447. The van der Waals surface area contributed by atoms with Crippen LogP contribution in [0.3, 0.4) is 0 Å². The second-order valence-electron chi connectivity index (χ2n) is 7.57. The van der Waals surface area contributed by atoms with E-state index in [9.17, 15) is 9.90 Å². The Hall–Kier alpha value is -1.51. The van der Waals surface area contributed by atoms with Gasteiger partial charge >= 0.3 is 5.97 Å². The zero-order chi connectivity index (χ0) is 18.9. The Bertz CT molecular complexity index is 612. The number of aliphatic hydroxyl groups excluding tert-OH is 1. The molecule has 6 atom stereocenters. The van der Waals surface area contributed by atoms with Crippen LogP contribution in [-0.4, -0.2) is 55.5 Å². The monoisotopic (exact) mass is 366 g/mol. The van der Waals surface area contributed by atoms with Gasteiger partial charge in [-0.3, -0.25) is 4.79 Å². The van der Waals surface area contributed by atoms with Gasteiger partial charge in [0, 0.05) is 12.7 Å². The summed E-state index contributed by atoms with van der Waals surface area (Å²) in [5.41, 5.74) is 0.132. The van der Waals surface area contributed by atoms with Crippen LogP contribution in [-0.2, 0) is 28.5 Å². The molecular weight excluding hydrogens is 340 g/mol. The van der Waals surface area contributed by atoms with Crippen molar-refractivity contribution in [2.24, 2.45) is 5.41 Å². The predicted molar refractivity (Wildman–Crippen MR) is 91.0 cm³/mol. The molecule has 2 aliphatic rings. The van der Waals surface area contributed by atoms with E-state index in [1.54, 1.807) is 20.8 Å². The molecule has 7 nitrogen and oxygen atoms in total. The van der Waals surface area contributed by atoms with E-state index in [-0.39, 0.29) is 6.61 Å². The van der Waals surface area contributed by atoms with Crippen molar-refractivity contribution in [2.45, 2.75) is 57.8 Å². The number of fused-ring (bicyclic) bond motifs is 1. The minimum Gasteiger partial charge on any atom is -0.454 e. The molecule has 0 aliphatic carbocycles. The van der Waals surface area contributed by atoms with Crippen molar-refractivity contribution >= 4 is 5.97 Å². The summed E-state index contributed by atoms with van der Waals surface area (Å²) in [6, 6.07) is 9.44. The van der Waals surface area contributed by atoms with Crippen LogP contribution in [0.1, 0.15) is 32.6 Å². The van der Waals surface area contributed by atoms with E-state index in [0.29, 0.717) is 0 Å². The first-order chi connectivity index (χ1) is 12.3. The third kappa shape index (κ3) is 3.92. The SMILES string of the molecule is COC1OC2COC(c3ccccc3)OC2C(O)C1OC(=O)C(C)(C)C. The molecule has 3 rings (SSSR count). The number of benzene rings is 1. The molecule has 6 unspecified atom stereocenters. The normalized spacial score (nSPS) is 34.8. The van der Waals surface area contributed by atoms with E-state index < -0.39 is 48.4 Å². The number of carbonyl (C=O) groups excluding carboxylic acids is 1. The summed E-state index contributed by atoms with van der Waals surface area (Å²) in [4.78, 5) is 12.3. The maximum atomic E-state index is 12.3. The van der Waals surface area contributed by atoms with Gasteiger partial charge < -0.3 is 28.8 Å². The third-order valence-electron chi connectivity index (χ3n) is 4.47. The van der Waals surface area contributed by atoms with Gasteiger partial charge in [0.15, 0.2) is 18.7 Å². The predicted octanol–water partition coefficient (Wildman–Crippen LogP) is 1.79. The lowest BCUT2D eigenvalue weighted by Gasteiger charge is -2.47. The Balaban J connectivity index is 1.76. The topological polar surface area (TPSA) is 83.5 Å². The molecule has 144 valence electrons. The lowest BCUT2D eigenvalue weighted by atomic mass is 9.95. The molecule has 0 amide bonds. The van der Waals surface area contributed by atoms with Gasteiger partial charge in [0.25, 0.3) is 0 Å². The van der Waals surface area contributed by atoms with Crippen LogP contribution in [0, 0.1) is 5.41 Å². The first kappa shape index (κ1) is 19.3. The van der Waals surface area contributed by atoms with Crippen molar-refractivity contribution in [2.75, 3.05) is 13.7 Å². The van der Waals surface area contributed by atoms with E-state index in [2.05, 4.69) is 0 Å². The maximum absolute atomic E-state index is 12.3. The molecular formula is C19H26O7. The molecule has 1 N–H and O–H groups in total. The molecule has 1 aromatic rings. The number of ether oxygens (including phenoxy) is 5. The second kappa shape index (κ2) is 7.62. The van der Waals surface area contributed by atoms with E-state index in [1.165, 1.54) is 7.11 Å². The van der Waals surface area contributed by atoms with Gasteiger partial charge in [-0.05, 0) is 20.8 Å². The smallest absolute Gasteiger partial charge is 0.311 e. The number of rotatable bonds is 3. The molecule has 2 heterocycles. The van der Waals surface area contributed by atoms with E-state index in [0.717, 1.165) is 5.56 Å². The zero-order valence-corrected chi connectivity index (χ0v) is 15.5. The van der Waals surface area contributed by atoms with Crippen LogP contribution in [0.4, 0.5) is 0 Å². The Morgan fingerprint density at radius 2 is 1.88 bits per heavy atom. The fourth-order valence-corrected chi connectivity index (χ4v) is 2.96. The summed E-state index contributed by atoms with van der Waals surface area (Å²) in [5, 5.41) is 10.8. The molecule has 0 saturated carbocycles. The van der Waals surface area contributed by atoms with Gasteiger partial charge in [-0.15, -0.1) is 0 Å². The van der Waals surface area contributed by atoms with Crippen molar-refractivity contribution in [3.05, 3.63) is 35.9 Å². The highest BCUT2D eigenvalue weighted by Crippen LogP contribution is 2.35. The highest BCUT2D eigenvalue weighted by molar-refractivity contribution is 5.75. The lowest BCUT2D eigenvalue weighted by molar-refractivity contribution is -0.359. The first-order valence-electron chi connectivity index (χ1n) is 8.70. The molecule has 1 aromatic carbocycles. The molecule has 7 heteroatoms. The first-order valence-corrected chi connectivity index (χ1v) is 8.70. The zero-order valence-electron chi connectivity index (χ0n) is 15.5. The highest BCUT2D eigenvalue weighted by Gasteiger charge is 2.51. The fraction of sp³-hybridized carbons (Fsp3) is 0.632. The number of methoxy groups -OCH3 is 1. The number of esters is 1. The van der Waals surface area contributed by atoms with Crippen molar-refractivity contribution < 1.29 is 33.6 Å². The van der Waals surface area contributed by atoms with Crippen LogP contribution in [0.5, 0.6) is 0 Å². The Morgan fingerprint density at radius 3 is 2.50 bits per heavy atom. The fourth-order valence-electron chi connectivity index (χ4n) is 2.96. The minimum absolute atomic E-state index is 0.237. The lowest BCUT2D eigenvalue weighted by Crippen LogP contribution is -2.63. The largest absolute Gasteiger partial charge is 0.454 e. The summed E-state index contributed by atoms with van der Waals surface area (Å²) >= 11 is 0. The molecule has 26 heavy (non-hydrogen) atoms. The average Bonchev–Trinajstić information content (AvgIpc) is 2.63. The van der Waals surface area contributed by atoms with Crippen LogP contribution < -0.4 is 0 Å². The number of aliphatic hydroxyl groups is 1. The minimum atomic E-state index is -1.10. The van der Waals surface area contributed by atoms with Gasteiger partial charge in [0.2, 0.25) is 0 Å². The van der Waals surface area contributed by atoms with E-state index in [1.807, 2.05) is 30.3 Å². The van der Waals surface area contributed by atoms with Crippen molar-refractivity contribution in [3.8, 4) is 0 Å². The van der Waals surface area contributed by atoms with Gasteiger partial charge in [-0.25, -0.2) is 0 Å². The molecule has 2 fully saturated rings. The Labute approximate surface area is 153 Å². The molecule has 0 aromatic heterocycles. The standard InChI is InChI=1S/C19H26O7/c1-19(2,3)18(21)26-15-13(20)14-12(24-17(15)22-4)10-23-16(25-14)11-8-6-5-7-9-11/h5-9,12-17,20H,10H2,1-4H3. The van der Waals surface area contributed by atoms with Gasteiger partial charge in [-0.2, -0.15) is 0 Å². The average molecular weight is 366 g/mol. The maximum Gasteiger partial charge on any atom is 0.311 e. The summed E-state index contributed by atoms with van der Waals surface area (Å²) in [7, 11) is 1.44. The van der Waals surface area contributed by atoms with Gasteiger partial charge in [0.05, 0.1) is 12.0 Å². The van der Waals surface area contributed by atoms with Crippen molar-refractivity contribution in [1.82, 2.24) is 0 Å². The second-order valence-corrected chi connectivity index (χ2v) is 7.57. The number of hydrogen-bond donors (Lipinski definition) is 1. The molecule has 2 saturated heterocycles. The van der Waals surface area contributed by atoms with E-state index in [4.69, 9.17) is 23.7 Å². The summed E-state index contributed by atoms with van der Waals surface area (Å²) in [6.07, 6.45) is -4.80. The quantitative estimate of drug-likeness (QED) is 0.817. The third-order valence-corrected chi connectivity index (χ3v) is 4.47. The van der Waals surface area contributed by atoms with Crippen LogP contribution in [0.25, 0.3) is 0 Å². The van der Waals surface area contributed by atoms with E-state index >= 15 is 0 Å². The number of carbonyl (C=O) groups is 1. The van der Waals surface area contributed by atoms with Crippen LogP contribution >= 0.6 is 0 Å².